The number of carbonyl (C=O) groups is 3. The smallest absolute Gasteiger partial charge is 0.308 e. The Morgan fingerprint density at radius 2 is 1.90 bits per heavy atom. The average Bonchev–Trinajstić information content (AvgIpc) is 3.25. The number of amides is 1. The number of hydrogen-bond donors (Lipinski definition) is 0. The van der Waals surface area contributed by atoms with E-state index in [0.717, 1.165) is 0 Å². The van der Waals surface area contributed by atoms with Gasteiger partial charge >= 0.3 is 11.9 Å². The number of oxazole rings is 1. The van der Waals surface area contributed by atoms with E-state index in [-0.39, 0.29) is 43.1 Å². The maximum absolute atomic E-state index is 13.0. The minimum Gasteiger partial charge on any atom is -0.469 e. The molecule has 1 aliphatic heterocycles. The number of benzene rings is 1. The number of aryl methyl sites for hydroxylation is 1. The Bertz CT molecular complexity index is 887. The SMILES string of the molecule is COC(=O)C1CCN(C(=O)COC(=O)CCc2ncc(-c3ccc(F)cc3)o2)CC1. The minimum absolute atomic E-state index is 0.0149. The van der Waals surface area contributed by atoms with Gasteiger partial charge in [-0.2, -0.15) is 0 Å². The van der Waals surface area contributed by atoms with E-state index in [1.807, 2.05) is 0 Å². The van der Waals surface area contributed by atoms with Crippen molar-refractivity contribution < 1.29 is 32.7 Å². The molecule has 1 amide bonds. The number of ether oxygens (including phenoxy) is 2. The first-order valence-corrected chi connectivity index (χ1v) is 9.68. The Balaban J connectivity index is 1.39. The molecule has 0 radical (unpaired) electrons. The van der Waals surface area contributed by atoms with Crippen LogP contribution >= 0.6 is 0 Å². The van der Waals surface area contributed by atoms with Crippen LogP contribution in [0.5, 0.6) is 0 Å². The molecular formula is C21H23FN2O6. The highest BCUT2D eigenvalue weighted by molar-refractivity contribution is 5.81. The molecule has 0 saturated carbocycles. The molecular weight excluding hydrogens is 395 g/mol. The van der Waals surface area contributed by atoms with E-state index in [2.05, 4.69) is 4.98 Å². The molecule has 0 atom stereocenters. The molecule has 2 heterocycles. The number of rotatable bonds is 7. The number of halogens is 1. The van der Waals surface area contributed by atoms with Crippen LogP contribution in [0.1, 0.15) is 25.2 Å². The predicted molar refractivity (Wildman–Crippen MR) is 102 cm³/mol. The van der Waals surface area contributed by atoms with Crippen LogP contribution in [-0.2, 0) is 30.3 Å². The summed E-state index contributed by atoms with van der Waals surface area (Å²) in [5.74, 6) is -0.796. The third kappa shape index (κ3) is 5.65. The second kappa shape index (κ2) is 10.00. The molecule has 1 aliphatic rings. The molecule has 1 aromatic carbocycles. The molecule has 0 aliphatic carbocycles. The van der Waals surface area contributed by atoms with E-state index in [1.54, 1.807) is 17.0 Å². The summed E-state index contributed by atoms with van der Waals surface area (Å²) in [4.78, 5) is 41.3. The van der Waals surface area contributed by atoms with Crippen LogP contribution in [-0.4, -0.2) is 54.5 Å². The predicted octanol–water partition coefficient (Wildman–Crippen LogP) is 2.37. The Kier molecular flexibility index (Phi) is 7.16. The lowest BCUT2D eigenvalue weighted by molar-refractivity contribution is -0.154. The zero-order valence-corrected chi connectivity index (χ0v) is 16.6. The van der Waals surface area contributed by atoms with Gasteiger partial charge in [0.2, 0.25) is 0 Å². The van der Waals surface area contributed by atoms with Crippen LogP contribution < -0.4 is 0 Å². The number of piperidine rings is 1. The lowest BCUT2D eigenvalue weighted by Gasteiger charge is -2.30. The second-order valence-electron chi connectivity index (χ2n) is 6.96. The maximum Gasteiger partial charge on any atom is 0.308 e. The number of hydrogen-bond acceptors (Lipinski definition) is 7. The highest BCUT2D eigenvalue weighted by Gasteiger charge is 2.28. The number of aromatic nitrogens is 1. The summed E-state index contributed by atoms with van der Waals surface area (Å²) in [5, 5.41) is 0. The van der Waals surface area contributed by atoms with E-state index in [0.29, 0.717) is 43.1 Å². The van der Waals surface area contributed by atoms with Gasteiger partial charge in [0.05, 0.1) is 25.6 Å². The molecule has 1 saturated heterocycles. The van der Waals surface area contributed by atoms with Crippen LogP contribution in [0.4, 0.5) is 4.39 Å². The van der Waals surface area contributed by atoms with Gasteiger partial charge in [-0.15, -0.1) is 0 Å². The van der Waals surface area contributed by atoms with Gasteiger partial charge in [0.25, 0.3) is 5.91 Å². The quantitative estimate of drug-likeness (QED) is 0.637. The van der Waals surface area contributed by atoms with E-state index < -0.39 is 5.97 Å². The summed E-state index contributed by atoms with van der Waals surface area (Å²) in [6.45, 7) is 0.519. The highest BCUT2D eigenvalue weighted by atomic mass is 19.1. The fraction of sp³-hybridized carbons (Fsp3) is 0.429. The molecule has 1 aromatic heterocycles. The minimum atomic E-state index is -0.533. The molecule has 1 fully saturated rings. The lowest BCUT2D eigenvalue weighted by Crippen LogP contribution is -2.42. The lowest BCUT2D eigenvalue weighted by atomic mass is 9.97. The fourth-order valence-electron chi connectivity index (χ4n) is 3.22. The first kappa shape index (κ1) is 21.5. The summed E-state index contributed by atoms with van der Waals surface area (Å²) in [5.41, 5.74) is 0.680. The van der Waals surface area contributed by atoms with Crippen molar-refractivity contribution in [3.8, 4) is 11.3 Å². The highest BCUT2D eigenvalue weighted by Crippen LogP contribution is 2.21. The van der Waals surface area contributed by atoms with Crippen molar-refractivity contribution >= 4 is 17.8 Å². The van der Waals surface area contributed by atoms with E-state index >= 15 is 0 Å². The van der Waals surface area contributed by atoms with Crippen LogP contribution in [0, 0.1) is 11.7 Å². The van der Waals surface area contributed by atoms with Crippen molar-refractivity contribution in [1.29, 1.82) is 0 Å². The van der Waals surface area contributed by atoms with E-state index in [1.165, 1.54) is 25.4 Å². The number of carbonyl (C=O) groups excluding carboxylic acids is 3. The summed E-state index contributed by atoms with van der Waals surface area (Å²) in [7, 11) is 1.35. The van der Waals surface area contributed by atoms with Crippen molar-refractivity contribution in [1.82, 2.24) is 9.88 Å². The van der Waals surface area contributed by atoms with Crippen LogP contribution in [0.2, 0.25) is 0 Å². The Morgan fingerprint density at radius 1 is 1.20 bits per heavy atom. The number of methoxy groups -OCH3 is 1. The van der Waals surface area contributed by atoms with Gasteiger partial charge in [-0.3, -0.25) is 14.4 Å². The van der Waals surface area contributed by atoms with Crippen molar-refractivity contribution in [2.24, 2.45) is 5.92 Å². The van der Waals surface area contributed by atoms with Crippen molar-refractivity contribution in [3.63, 3.8) is 0 Å². The van der Waals surface area contributed by atoms with Crippen molar-refractivity contribution in [3.05, 3.63) is 42.2 Å². The molecule has 30 heavy (non-hydrogen) atoms. The number of esters is 2. The Morgan fingerprint density at radius 3 is 2.57 bits per heavy atom. The molecule has 0 unspecified atom stereocenters. The monoisotopic (exact) mass is 418 g/mol. The number of likely N-dealkylation sites (tertiary alicyclic amines) is 1. The Hall–Kier alpha value is -3.23. The van der Waals surface area contributed by atoms with Crippen LogP contribution in [0.3, 0.4) is 0 Å². The van der Waals surface area contributed by atoms with Crippen molar-refractivity contribution in [2.75, 3.05) is 26.8 Å². The summed E-state index contributed by atoms with van der Waals surface area (Å²) in [6, 6.07) is 5.80. The summed E-state index contributed by atoms with van der Waals surface area (Å²) < 4.78 is 28.3. The Labute approximate surface area is 173 Å². The standard InChI is InChI=1S/C21H23FN2O6/c1-28-21(27)15-8-10-24(11-9-15)19(25)13-29-20(26)7-6-18-23-12-17(30-18)14-2-4-16(22)5-3-14/h2-5,12,15H,6-11,13H2,1H3. The van der Waals surface area contributed by atoms with Crippen molar-refractivity contribution in [2.45, 2.75) is 25.7 Å². The average molecular weight is 418 g/mol. The zero-order valence-electron chi connectivity index (χ0n) is 16.6. The fourth-order valence-corrected chi connectivity index (χ4v) is 3.22. The molecule has 0 spiro atoms. The largest absolute Gasteiger partial charge is 0.469 e. The first-order valence-electron chi connectivity index (χ1n) is 9.68. The molecule has 0 bridgehead atoms. The maximum atomic E-state index is 13.0. The van der Waals surface area contributed by atoms with Gasteiger partial charge < -0.3 is 18.8 Å². The second-order valence-corrected chi connectivity index (χ2v) is 6.96. The van der Waals surface area contributed by atoms with Gasteiger partial charge in [-0.1, -0.05) is 0 Å². The normalized spacial score (nSPS) is 14.4. The molecule has 0 N–H and O–H groups in total. The van der Waals surface area contributed by atoms with Gasteiger partial charge in [0.1, 0.15) is 5.82 Å². The van der Waals surface area contributed by atoms with Gasteiger partial charge in [0, 0.05) is 25.1 Å². The van der Waals surface area contributed by atoms with Crippen LogP contribution in [0.15, 0.2) is 34.9 Å². The topological polar surface area (TPSA) is 98.9 Å². The molecule has 160 valence electrons. The number of nitrogens with zero attached hydrogens (tertiary/aromatic N) is 2. The van der Waals surface area contributed by atoms with E-state index in [4.69, 9.17) is 13.9 Å². The molecule has 9 heteroatoms. The van der Waals surface area contributed by atoms with Gasteiger partial charge in [0.15, 0.2) is 18.3 Å². The zero-order chi connectivity index (χ0) is 21.5. The third-order valence-electron chi connectivity index (χ3n) is 4.96. The summed E-state index contributed by atoms with van der Waals surface area (Å²) in [6.07, 6.45) is 2.81. The van der Waals surface area contributed by atoms with Gasteiger partial charge in [-0.25, -0.2) is 9.37 Å². The third-order valence-corrected chi connectivity index (χ3v) is 4.96. The van der Waals surface area contributed by atoms with Crippen LogP contribution in [0.25, 0.3) is 11.3 Å². The molecule has 3 rings (SSSR count). The first-order chi connectivity index (χ1) is 14.5. The van der Waals surface area contributed by atoms with E-state index in [9.17, 15) is 18.8 Å². The molecule has 2 aromatic rings. The van der Waals surface area contributed by atoms with Gasteiger partial charge in [-0.05, 0) is 37.1 Å². The molecule has 8 nitrogen and oxygen atoms in total. The summed E-state index contributed by atoms with van der Waals surface area (Å²) >= 11 is 0.